The summed E-state index contributed by atoms with van der Waals surface area (Å²) in [7, 11) is 0. The van der Waals surface area contributed by atoms with E-state index >= 15 is 0 Å². The molecule has 2 N–H and O–H groups in total. The molecule has 0 aliphatic heterocycles. The van der Waals surface area contributed by atoms with Gasteiger partial charge in [0.2, 0.25) is 4.77 Å². The van der Waals surface area contributed by atoms with Gasteiger partial charge in [-0.05, 0) is 31.3 Å². The molecule has 0 radical (unpaired) electrons. The number of aromatic nitrogens is 3. The van der Waals surface area contributed by atoms with E-state index in [0.29, 0.717) is 28.5 Å². The molecule has 0 aliphatic carbocycles. The third-order valence-electron chi connectivity index (χ3n) is 3.32. The third kappa shape index (κ3) is 3.21. The summed E-state index contributed by atoms with van der Waals surface area (Å²) in [6.07, 6.45) is 1.52. The lowest BCUT2D eigenvalue weighted by atomic mass is 10.2. The number of hydrogen-bond acceptors (Lipinski definition) is 5. The highest BCUT2D eigenvalue weighted by Crippen LogP contribution is 2.28. The number of para-hydroxylation sites is 1. The van der Waals surface area contributed by atoms with Gasteiger partial charge in [-0.3, -0.25) is 0 Å². The molecule has 1 aromatic heterocycles. The Balaban J connectivity index is 1.98. The topological polar surface area (TPSA) is 75.4 Å². The fourth-order valence-corrected chi connectivity index (χ4v) is 2.39. The first-order valence-corrected chi connectivity index (χ1v) is 7.83. The van der Waals surface area contributed by atoms with E-state index in [1.807, 2.05) is 37.3 Å². The number of phenols is 1. The molecule has 0 fully saturated rings. The molecule has 0 amide bonds. The van der Waals surface area contributed by atoms with Crippen LogP contribution in [0.2, 0.25) is 0 Å². The van der Waals surface area contributed by atoms with E-state index in [-0.39, 0.29) is 5.75 Å². The molecule has 24 heavy (non-hydrogen) atoms. The van der Waals surface area contributed by atoms with Crippen molar-refractivity contribution in [3.8, 4) is 22.9 Å². The number of nitrogens with zero attached hydrogens (tertiary/aromatic N) is 3. The average molecular weight is 340 g/mol. The molecule has 6 nitrogen and oxygen atoms in total. The zero-order valence-electron chi connectivity index (χ0n) is 13.0. The normalized spacial score (nSPS) is 11.0. The quantitative estimate of drug-likeness (QED) is 0.550. The predicted molar refractivity (Wildman–Crippen MR) is 95.1 cm³/mol. The molecule has 0 spiro atoms. The SMILES string of the molecule is CCOc1cccc(/C=N\n2c(-c3ccccc3)n[nH]c2=S)c1O. The van der Waals surface area contributed by atoms with Gasteiger partial charge in [0.05, 0.1) is 12.8 Å². The summed E-state index contributed by atoms with van der Waals surface area (Å²) in [4.78, 5) is 0. The molecule has 0 bridgehead atoms. The molecular weight excluding hydrogens is 324 g/mol. The van der Waals surface area contributed by atoms with Gasteiger partial charge in [0.15, 0.2) is 17.3 Å². The lowest BCUT2D eigenvalue weighted by Gasteiger charge is -2.07. The van der Waals surface area contributed by atoms with Crippen LogP contribution in [0.1, 0.15) is 12.5 Å². The van der Waals surface area contributed by atoms with Crippen molar-refractivity contribution in [3.63, 3.8) is 0 Å². The fraction of sp³-hybridized carbons (Fsp3) is 0.118. The van der Waals surface area contributed by atoms with Crippen molar-refractivity contribution in [2.24, 2.45) is 5.10 Å². The van der Waals surface area contributed by atoms with E-state index in [1.54, 1.807) is 18.2 Å². The van der Waals surface area contributed by atoms with E-state index in [9.17, 15) is 5.11 Å². The van der Waals surface area contributed by atoms with Gasteiger partial charge in [-0.25, -0.2) is 5.10 Å². The number of benzene rings is 2. The van der Waals surface area contributed by atoms with Gasteiger partial charge in [0.25, 0.3) is 0 Å². The van der Waals surface area contributed by atoms with Crippen LogP contribution in [0.5, 0.6) is 11.5 Å². The first-order chi connectivity index (χ1) is 11.7. The Morgan fingerprint density at radius 3 is 2.79 bits per heavy atom. The molecule has 1 heterocycles. The number of aromatic amines is 1. The lowest BCUT2D eigenvalue weighted by Crippen LogP contribution is -1.97. The second-order valence-electron chi connectivity index (χ2n) is 4.90. The van der Waals surface area contributed by atoms with E-state index < -0.39 is 0 Å². The maximum Gasteiger partial charge on any atom is 0.216 e. The number of phenolic OH excluding ortho intramolecular Hbond substituents is 1. The van der Waals surface area contributed by atoms with Crippen LogP contribution in [-0.4, -0.2) is 32.8 Å². The van der Waals surface area contributed by atoms with Crippen LogP contribution in [-0.2, 0) is 0 Å². The Labute approximate surface area is 144 Å². The maximum absolute atomic E-state index is 10.2. The number of ether oxygens (including phenoxy) is 1. The fourth-order valence-electron chi connectivity index (χ4n) is 2.21. The second-order valence-corrected chi connectivity index (χ2v) is 5.29. The molecule has 2 aromatic carbocycles. The van der Waals surface area contributed by atoms with Gasteiger partial charge in [0.1, 0.15) is 0 Å². The number of aromatic hydroxyl groups is 1. The molecule has 0 aliphatic rings. The molecule has 3 aromatic rings. The number of hydrogen-bond donors (Lipinski definition) is 2. The highest BCUT2D eigenvalue weighted by atomic mass is 32.1. The van der Waals surface area contributed by atoms with Crippen LogP contribution in [0.25, 0.3) is 11.4 Å². The molecule has 0 saturated heterocycles. The van der Waals surface area contributed by atoms with Crippen LogP contribution < -0.4 is 4.74 Å². The first kappa shape index (κ1) is 15.9. The van der Waals surface area contributed by atoms with Crippen molar-refractivity contribution in [2.75, 3.05) is 6.61 Å². The molecule has 0 atom stereocenters. The third-order valence-corrected chi connectivity index (χ3v) is 3.59. The Morgan fingerprint density at radius 2 is 2.04 bits per heavy atom. The van der Waals surface area contributed by atoms with Crippen LogP contribution in [0.15, 0.2) is 53.6 Å². The Kier molecular flexibility index (Phi) is 4.72. The van der Waals surface area contributed by atoms with Crippen molar-refractivity contribution < 1.29 is 9.84 Å². The number of H-pyrrole nitrogens is 1. The molecule has 0 saturated carbocycles. The van der Waals surface area contributed by atoms with Gasteiger partial charge >= 0.3 is 0 Å². The molecule has 0 unspecified atom stereocenters. The second kappa shape index (κ2) is 7.10. The van der Waals surface area contributed by atoms with Crippen LogP contribution in [0, 0.1) is 4.77 Å². The molecule has 3 rings (SSSR count). The zero-order chi connectivity index (χ0) is 16.9. The summed E-state index contributed by atoms with van der Waals surface area (Å²) in [5, 5.41) is 21.5. The lowest BCUT2D eigenvalue weighted by molar-refractivity contribution is 0.318. The molecule has 7 heteroatoms. The van der Waals surface area contributed by atoms with Crippen molar-refractivity contribution >= 4 is 18.4 Å². The summed E-state index contributed by atoms with van der Waals surface area (Å²) in [6, 6.07) is 14.8. The van der Waals surface area contributed by atoms with Crippen LogP contribution in [0.4, 0.5) is 0 Å². The smallest absolute Gasteiger partial charge is 0.216 e. The highest BCUT2D eigenvalue weighted by Gasteiger charge is 2.09. The average Bonchev–Trinajstić information content (AvgIpc) is 2.97. The van der Waals surface area contributed by atoms with Crippen molar-refractivity contribution in [2.45, 2.75) is 6.92 Å². The van der Waals surface area contributed by atoms with E-state index in [1.165, 1.54) is 10.9 Å². The Morgan fingerprint density at radius 1 is 1.25 bits per heavy atom. The van der Waals surface area contributed by atoms with E-state index in [2.05, 4.69) is 15.3 Å². The monoisotopic (exact) mass is 340 g/mol. The van der Waals surface area contributed by atoms with Crippen molar-refractivity contribution in [1.29, 1.82) is 0 Å². The van der Waals surface area contributed by atoms with E-state index in [0.717, 1.165) is 5.56 Å². The van der Waals surface area contributed by atoms with Crippen LogP contribution in [0.3, 0.4) is 0 Å². The molecular formula is C17H16N4O2S. The Hall–Kier alpha value is -2.93. The van der Waals surface area contributed by atoms with Gasteiger partial charge < -0.3 is 9.84 Å². The summed E-state index contributed by atoms with van der Waals surface area (Å²) in [5.41, 5.74) is 1.41. The number of nitrogens with one attached hydrogen (secondary N) is 1. The van der Waals surface area contributed by atoms with Gasteiger partial charge in [-0.1, -0.05) is 36.4 Å². The summed E-state index contributed by atoms with van der Waals surface area (Å²) in [5.74, 6) is 1.05. The first-order valence-electron chi connectivity index (χ1n) is 7.42. The van der Waals surface area contributed by atoms with Gasteiger partial charge in [-0.2, -0.15) is 14.9 Å². The number of rotatable bonds is 5. The van der Waals surface area contributed by atoms with Crippen LogP contribution >= 0.6 is 12.2 Å². The highest BCUT2D eigenvalue weighted by molar-refractivity contribution is 7.71. The van der Waals surface area contributed by atoms with Gasteiger partial charge in [-0.15, -0.1) is 0 Å². The minimum absolute atomic E-state index is 0.0411. The van der Waals surface area contributed by atoms with E-state index in [4.69, 9.17) is 17.0 Å². The standard InChI is InChI=1S/C17H16N4O2S/c1-2-23-14-10-6-9-13(15(14)22)11-18-21-16(19-20-17(21)24)12-7-4-3-5-8-12/h3-11,22H,2H2,1H3,(H,20,24)/b18-11-. The van der Waals surface area contributed by atoms with Crippen molar-refractivity contribution in [3.05, 3.63) is 58.9 Å². The minimum atomic E-state index is 0.0411. The maximum atomic E-state index is 10.2. The largest absolute Gasteiger partial charge is 0.504 e. The Bertz CT molecular complexity index is 916. The molecule has 122 valence electrons. The zero-order valence-corrected chi connectivity index (χ0v) is 13.8. The summed E-state index contributed by atoms with van der Waals surface area (Å²) < 4.78 is 7.25. The predicted octanol–water partition coefficient (Wildman–Crippen LogP) is 3.59. The van der Waals surface area contributed by atoms with Crippen molar-refractivity contribution in [1.82, 2.24) is 14.9 Å². The summed E-state index contributed by atoms with van der Waals surface area (Å²) in [6.45, 7) is 2.33. The minimum Gasteiger partial charge on any atom is -0.504 e. The van der Waals surface area contributed by atoms with Gasteiger partial charge in [0, 0.05) is 11.1 Å². The summed E-state index contributed by atoms with van der Waals surface area (Å²) >= 11 is 5.23.